The van der Waals surface area contributed by atoms with Crippen LogP contribution in [0.3, 0.4) is 0 Å². The monoisotopic (exact) mass is 747 g/mol. The molecule has 9 nitrogen and oxygen atoms in total. The maximum atomic E-state index is 12.6. The van der Waals surface area contributed by atoms with Crippen molar-refractivity contribution in [3.05, 3.63) is 110 Å². The molecule has 3 aliphatic rings. The number of hydrogen-bond donors (Lipinski definition) is 1. The number of ether oxygens (including phenoxy) is 2. The summed E-state index contributed by atoms with van der Waals surface area (Å²) in [5.41, 5.74) is 7.62. The van der Waals surface area contributed by atoms with Gasteiger partial charge in [0.15, 0.2) is 5.79 Å². The Bertz CT molecular complexity index is 2010. The van der Waals surface area contributed by atoms with Crippen LogP contribution in [0.1, 0.15) is 52.8 Å². The Morgan fingerprint density at radius 3 is 2.25 bits per heavy atom. The lowest BCUT2D eigenvalue weighted by atomic mass is 10.0. The molecule has 51 heavy (non-hydrogen) atoms. The quantitative estimate of drug-likeness (QED) is 0.197. The summed E-state index contributed by atoms with van der Waals surface area (Å²) in [5, 5.41) is 9.85. The van der Waals surface area contributed by atoms with Crippen molar-refractivity contribution < 1.29 is 17.9 Å². The van der Waals surface area contributed by atoms with Crippen LogP contribution in [-0.4, -0.2) is 78.8 Å². The predicted molar refractivity (Wildman–Crippen MR) is 201 cm³/mol. The lowest BCUT2D eigenvalue weighted by Gasteiger charge is -2.37. The molecular weight excluding hydrogens is 705 g/mol. The van der Waals surface area contributed by atoms with Gasteiger partial charge in [0.05, 0.1) is 30.2 Å². The number of benzene rings is 3. The molecule has 1 spiro atoms. The van der Waals surface area contributed by atoms with Gasteiger partial charge in [-0.05, 0) is 60.5 Å². The van der Waals surface area contributed by atoms with E-state index in [4.69, 9.17) is 37.8 Å². The number of aryl methyl sites for hydroxylation is 1. The number of fused-ring (bicyclic) bond motifs is 1. The van der Waals surface area contributed by atoms with Crippen molar-refractivity contribution in [2.75, 3.05) is 45.6 Å². The Morgan fingerprint density at radius 2 is 1.57 bits per heavy atom. The topological polar surface area (TPSA) is 88.9 Å². The molecule has 12 heteroatoms. The molecule has 0 radical (unpaired) electrons. The molecule has 7 rings (SSSR count). The minimum absolute atomic E-state index is 0.294. The molecule has 4 aromatic rings. The van der Waals surface area contributed by atoms with Crippen molar-refractivity contribution >= 4 is 33.2 Å². The first-order valence-corrected chi connectivity index (χ1v) is 20.1. The number of likely N-dealkylation sites (tertiary alicyclic amines) is 1. The van der Waals surface area contributed by atoms with E-state index in [1.807, 2.05) is 54.6 Å². The zero-order chi connectivity index (χ0) is 35.4. The number of hydrogen-bond acceptors (Lipinski definition) is 7. The van der Waals surface area contributed by atoms with Crippen molar-refractivity contribution in [2.24, 2.45) is 0 Å². The van der Waals surface area contributed by atoms with Crippen LogP contribution < -0.4 is 5.32 Å². The summed E-state index contributed by atoms with van der Waals surface area (Å²) in [7, 11) is -3.36. The van der Waals surface area contributed by atoms with Crippen molar-refractivity contribution in [1.29, 1.82) is 0 Å². The third-order valence-corrected chi connectivity index (χ3v) is 11.8. The first kappa shape index (κ1) is 36.1. The van der Waals surface area contributed by atoms with Gasteiger partial charge in [0.25, 0.3) is 0 Å². The molecule has 0 amide bonds. The van der Waals surface area contributed by atoms with Gasteiger partial charge in [-0.3, -0.25) is 4.68 Å². The second-order valence-electron chi connectivity index (χ2n) is 13.5. The number of piperidine rings is 1. The molecule has 2 fully saturated rings. The first-order valence-electron chi connectivity index (χ1n) is 17.5. The Morgan fingerprint density at radius 1 is 0.882 bits per heavy atom. The molecule has 0 bridgehead atoms. The Kier molecular flexibility index (Phi) is 11.2. The Labute approximate surface area is 310 Å². The summed E-state index contributed by atoms with van der Waals surface area (Å²) in [6.07, 6.45) is 4.61. The van der Waals surface area contributed by atoms with Crippen LogP contribution in [0.4, 0.5) is 0 Å². The smallest absolute Gasteiger partial charge is 0.211 e. The van der Waals surface area contributed by atoms with Gasteiger partial charge >= 0.3 is 0 Å². The normalized spacial score (nSPS) is 17.7. The van der Waals surface area contributed by atoms with Crippen molar-refractivity contribution in [3.63, 3.8) is 0 Å². The summed E-state index contributed by atoms with van der Waals surface area (Å²) in [6.45, 7) is 7.21. The highest BCUT2D eigenvalue weighted by Crippen LogP contribution is 2.34. The molecule has 4 heterocycles. The second-order valence-corrected chi connectivity index (χ2v) is 16.3. The number of nitrogens with one attached hydrogen (secondary N) is 1. The number of halogens is 2. The SMILES string of the molecule is CS(=O)(=O)N1CCc2c(c(-c3ccc(Cl)c(C#Cc4ccc(CNCc5ccc(Cl)cc5)cc4)c3)nn2CCCN2CCC3(CC2)OCCO3)C1. The first-order chi connectivity index (χ1) is 24.6. The highest BCUT2D eigenvalue weighted by molar-refractivity contribution is 7.88. The van der Waals surface area contributed by atoms with Gasteiger partial charge < -0.3 is 19.7 Å². The molecule has 2 saturated heterocycles. The van der Waals surface area contributed by atoms with Crippen molar-refractivity contribution in [3.8, 4) is 23.1 Å². The van der Waals surface area contributed by atoms with Crippen LogP contribution >= 0.6 is 23.2 Å². The molecule has 1 aromatic heterocycles. The average molecular weight is 749 g/mol. The maximum Gasteiger partial charge on any atom is 0.211 e. The zero-order valence-electron chi connectivity index (χ0n) is 28.8. The number of rotatable bonds is 10. The maximum absolute atomic E-state index is 12.6. The zero-order valence-corrected chi connectivity index (χ0v) is 31.2. The summed E-state index contributed by atoms with van der Waals surface area (Å²) >= 11 is 12.6. The predicted octanol–water partition coefficient (Wildman–Crippen LogP) is 6.09. The standard InChI is InChI=1S/C39H43Cl2N5O4S/c1-51(47,48)45-20-15-37-35(28-45)38(43-46(37)19-2-18-44-21-16-39(17-22-44)49-23-24-50-39)33-11-14-36(41)32(25-33)10-7-29-3-5-30(6-4-29)26-42-27-31-8-12-34(40)13-9-31/h3-6,8-9,11-14,25,42H,2,15-24,26-28H2,1H3. The molecule has 268 valence electrons. The van der Waals surface area contributed by atoms with E-state index < -0.39 is 10.0 Å². The fourth-order valence-electron chi connectivity index (χ4n) is 7.08. The molecule has 0 saturated carbocycles. The van der Waals surface area contributed by atoms with Gasteiger partial charge in [-0.2, -0.15) is 9.40 Å². The van der Waals surface area contributed by atoms with E-state index in [2.05, 4.69) is 38.9 Å². The minimum Gasteiger partial charge on any atom is -0.347 e. The van der Waals surface area contributed by atoms with Crippen molar-refractivity contribution in [2.45, 2.75) is 57.6 Å². The molecule has 0 aliphatic carbocycles. The van der Waals surface area contributed by atoms with Crippen LogP contribution in [0.5, 0.6) is 0 Å². The molecule has 1 N–H and O–H groups in total. The number of sulfonamides is 1. The van der Waals surface area contributed by atoms with E-state index in [1.165, 1.54) is 16.1 Å². The van der Waals surface area contributed by atoms with Gasteiger partial charge in [-0.15, -0.1) is 0 Å². The lowest BCUT2D eigenvalue weighted by molar-refractivity contribution is -0.185. The fraction of sp³-hybridized carbons (Fsp3) is 0.410. The van der Waals surface area contributed by atoms with E-state index in [0.29, 0.717) is 43.3 Å². The van der Waals surface area contributed by atoms with Crippen LogP contribution in [0.15, 0.2) is 66.7 Å². The molecule has 3 aliphatic heterocycles. The summed E-state index contributed by atoms with van der Waals surface area (Å²) < 4.78 is 40.6. The molecule has 3 aromatic carbocycles. The van der Waals surface area contributed by atoms with Crippen LogP contribution in [0.25, 0.3) is 11.3 Å². The van der Waals surface area contributed by atoms with Gasteiger partial charge in [0, 0.05) is 98.0 Å². The van der Waals surface area contributed by atoms with Gasteiger partial charge in [-0.1, -0.05) is 65.4 Å². The third-order valence-electron chi connectivity index (χ3n) is 9.95. The van der Waals surface area contributed by atoms with E-state index >= 15 is 0 Å². The van der Waals surface area contributed by atoms with Crippen molar-refractivity contribution in [1.82, 2.24) is 24.3 Å². The van der Waals surface area contributed by atoms with E-state index in [0.717, 1.165) is 97.2 Å². The van der Waals surface area contributed by atoms with E-state index in [1.54, 1.807) is 0 Å². The van der Waals surface area contributed by atoms with Crippen LogP contribution in [0, 0.1) is 11.8 Å². The van der Waals surface area contributed by atoms with Gasteiger partial charge in [-0.25, -0.2) is 8.42 Å². The molecular formula is C39H43Cl2N5O4S. The summed E-state index contributed by atoms with van der Waals surface area (Å²) in [6, 6.07) is 21.8. The second kappa shape index (κ2) is 15.8. The largest absolute Gasteiger partial charge is 0.347 e. The number of nitrogens with zero attached hydrogens (tertiary/aromatic N) is 4. The van der Waals surface area contributed by atoms with E-state index in [-0.39, 0.29) is 5.79 Å². The van der Waals surface area contributed by atoms with Gasteiger partial charge in [0.1, 0.15) is 0 Å². The highest BCUT2D eigenvalue weighted by atomic mass is 35.5. The van der Waals surface area contributed by atoms with Gasteiger partial charge in [0.2, 0.25) is 10.0 Å². The third kappa shape index (κ3) is 8.87. The highest BCUT2D eigenvalue weighted by Gasteiger charge is 2.39. The van der Waals surface area contributed by atoms with E-state index in [9.17, 15) is 8.42 Å². The minimum atomic E-state index is -3.36. The lowest BCUT2D eigenvalue weighted by Crippen LogP contribution is -2.45. The molecule has 0 unspecified atom stereocenters. The molecule has 0 atom stereocenters. The van der Waals surface area contributed by atoms with Crippen LogP contribution in [-0.2, 0) is 52.1 Å². The average Bonchev–Trinajstić information content (AvgIpc) is 3.74. The Hall–Kier alpha value is -3.24. The summed E-state index contributed by atoms with van der Waals surface area (Å²) in [4.78, 5) is 2.47. The van der Waals surface area contributed by atoms with Crippen LogP contribution in [0.2, 0.25) is 10.0 Å². The number of aromatic nitrogens is 2. The Balaban J connectivity index is 1.04. The summed E-state index contributed by atoms with van der Waals surface area (Å²) in [5.74, 6) is 6.15. The fourth-order valence-corrected chi connectivity index (χ4v) is 8.16.